The zero-order chi connectivity index (χ0) is 78.5. The van der Waals surface area contributed by atoms with E-state index >= 15 is 0 Å². The molecule has 29 heteroatoms. The second-order valence-electron chi connectivity index (χ2n) is 24.3. The van der Waals surface area contributed by atoms with Crippen molar-refractivity contribution in [3.63, 3.8) is 0 Å². The Labute approximate surface area is 691 Å². The summed E-state index contributed by atoms with van der Waals surface area (Å²) in [7, 11) is -1.83. The van der Waals surface area contributed by atoms with Gasteiger partial charge in [0, 0.05) is 132 Å². The Hall–Kier alpha value is -9.23. The molecule has 4 N–H and O–H groups in total. The molecule has 0 aliphatic rings. The molecule has 12 aromatic rings. The van der Waals surface area contributed by atoms with Crippen LogP contribution in [0.5, 0.6) is 0 Å². The molecular weight excluding hydrogens is 1710 g/mol. The van der Waals surface area contributed by atoms with Crippen LogP contribution in [0.2, 0.25) is 0 Å². The molecule has 4 heterocycles. The number of benzene rings is 8. The summed E-state index contributed by atoms with van der Waals surface area (Å²) >= 11 is 15.8. The smallest absolute Gasteiger partial charge is 0.870 e. The Morgan fingerprint density at radius 1 is 0.527 bits per heavy atom. The fraction of sp³-hybridized carbons (Fsp3) is 0.173. The molecular formula is C81H69BBr2F4ILiN8O9S3. The zero-order valence-electron chi connectivity index (χ0n) is 59.8. The number of fused-ring (bicyclic) bond motifs is 4. The fourth-order valence-electron chi connectivity index (χ4n) is 9.78. The number of ether oxygens (including phenoxy) is 2. The molecule has 0 radical (unpaired) electrons. The molecule has 0 fully saturated rings. The summed E-state index contributed by atoms with van der Waals surface area (Å²) in [6, 6.07) is 45.7. The molecule has 0 atom stereocenters. The van der Waals surface area contributed by atoms with Crippen molar-refractivity contribution in [2.45, 2.75) is 86.8 Å². The average Bonchev–Trinajstić information content (AvgIpc) is 0.814. The summed E-state index contributed by atoms with van der Waals surface area (Å²) in [6.45, 7) is 21.2. The number of pyridine rings is 4. The summed E-state index contributed by atoms with van der Waals surface area (Å²) < 4.78 is 66.7. The van der Waals surface area contributed by atoms with Gasteiger partial charge in [-0.1, -0.05) is 93.9 Å². The van der Waals surface area contributed by atoms with Crippen LogP contribution >= 0.6 is 90.6 Å². The number of rotatable bonds is 13. The number of nitrogens with zero attached hydrogens (tertiary/aromatic N) is 8. The molecule has 0 aliphatic carbocycles. The van der Waals surface area contributed by atoms with Gasteiger partial charge in [-0.3, -0.25) is 34.3 Å². The van der Waals surface area contributed by atoms with Gasteiger partial charge in [-0.15, -0.1) is 23.5 Å². The molecule has 17 nitrogen and oxygen atoms in total. The maximum atomic E-state index is 14.6. The van der Waals surface area contributed by atoms with E-state index in [1.165, 1.54) is 68.2 Å². The van der Waals surface area contributed by atoms with E-state index in [0.29, 0.717) is 52.2 Å². The number of halogens is 7. The molecule has 8 aromatic carbocycles. The number of carbonyl (C=O) groups excluding carboxylic acids is 2. The number of hydrogen-bond donors (Lipinski definition) is 4. The van der Waals surface area contributed by atoms with Crippen LogP contribution in [0.4, 0.5) is 23.2 Å². The zero-order valence-corrected chi connectivity index (χ0v) is 67.6. The molecule has 110 heavy (non-hydrogen) atoms. The number of carboxylic acids is 1. The minimum Gasteiger partial charge on any atom is -0.870 e. The van der Waals surface area contributed by atoms with Crippen LogP contribution in [0.1, 0.15) is 79.5 Å². The van der Waals surface area contributed by atoms with E-state index < -0.39 is 50.6 Å². The van der Waals surface area contributed by atoms with Crippen molar-refractivity contribution in [2.24, 2.45) is 0 Å². The van der Waals surface area contributed by atoms with Crippen LogP contribution in [-0.4, -0.2) is 93.0 Å². The molecule has 12 rings (SSSR count). The number of esters is 2. The topological polar surface area (TPSA) is 288 Å². The number of nitriles is 3. The first-order valence-electron chi connectivity index (χ1n) is 32.1. The van der Waals surface area contributed by atoms with E-state index in [0.717, 1.165) is 57.1 Å². The molecule has 0 bridgehead atoms. The minimum atomic E-state index is -1.83. The van der Waals surface area contributed by atoms with E-state index in [1.54, 1.807) is 115 Å². The van der Waals surface area contributed by atoms with E-state index in [1.807, 2.05) is 105 Å². The maximum Gasteiger partial charge on any atom is 1.00 e. The van der Waals surface area contributed by atoms with Crippen LogP contribution in [-0.2, 0) is 23.9 Å². The second-order valence-corrected chi connectivity index (χ2v) is 31.8. The Morgan fingerprint density at radius 2 is 0.891 bits per heavy atom. The molecule has 0 unspecified atom stereocenters. The molecule has 0 saturated carbocycles. The van der Waals surface area contributed by atoms with Crippen LogP contribution < -0.4 is 24.3 Å². The van der Waals surface area contributed by atoms with Crippen LogP contribution in [0.15, 0.2) is 214 Å². The third kappa shape index (κ3) is 25.4. The maximum absolute atomic E-state index is 14.6. The minimum absolute atomic E-state index is 0. The molecule has 0 saturated heterocycles. The van der Waals surface area contributed by atoms with Gasteiger partial charge >= 0.3 is 43.9 Å². The van der Waals surface area contributed by atoms with Gasteiger partial charge in [0.2, 0.25) is 0 Å². The van der Waals surface area contributed by atoms with Crippen molar-refractivity contribution >= 4 is 170 Å². The largest absolute Gasteiger partial charge is 1.00 e. The standard InChI is InChI=1S/C22H19FN2O2S.C20H15FN2O2S.C16H8BrFN2.C9H5BrIN.C7H5BFNO2.C6H12O2S.CH4.Li.H2O/c1-4-27-21(26)22(2,3)28-16-7-6-15-12-25-13-19(18(15)10-16)17-8-5-14(11-24)9-20(17)23;1-20(2,19(24)25)26-14-5-4-13-10-23-11-17(16(13)8-14)15-6-3-12(9-22)7-18(15)21;17-12-3-2-11-8-20-9-15(14(11)6-12)13-4-1-10(7-19)5-16(13)18;10-7-2-1-6-4-12-5-9(11)8(6)3-7;1-10-5-2-3-6(8(11)12)7(9)4-5;1-4-8-5(7)6(2,3)9;;;/h5-10,12-13H,4H2,1-3H3;3-8,10-11H,1-2H3,(H,24,25);1-6,8-9H;1-5H;2-4,11-12H;9H,4H2,1-3H3;1H4;;1H2/q;;;;;;;+1;/p-1. The van der Waals surface area contributed by atoms with E-state index in [-0.39, 0.29) is 66.0 Å². The van der Waals surface area contributed by atoms with E-state index in [9.17, 15) is 37.1 Å². The van der Waals surface area contributed by atoms with E-state index in [4.69, 9.17) is 41.9 Å². The van der Waals surface area contributed by atoms with Crippen molar-refractivity contribution in [3.8, 4) is 51.6 Å². The number of aliphatic carboxylic acids is 1. The monoisotopic (exact) mass is 1770 g/mol. The van der Waals surface area contributed by atoms with Gasteiger partial charge in [-0.2, -0.15) is 28.4 Å². The summed E-state index contributed by atoms with van der Waals surface area (Å²) in [5.41, 5.74) is 3.85. The molecule has 0 aliphatic heterocycles. The Balaban J connectivity index is 0.000000289. The number of thiol groups is 1. The number of hydrogen-bond acceptors (Lipinski definition) is 18. The second kappa shape index (κ2) is 42.8. The van der Waals surface area contributed by atoms with Crippen LogP contribution in [0, 0.1) is 67.4 Å². The van der Waals surface area contributed by atoms with Gasteiger partial charge in [0.15, 0.2) is 5.69 Å². The Morgan fingerprint density at radius 3 is 1.24 bits per heavy atom. The van der Waals surface area contributed by atoms with Crippen molar-refractivity contribution in [3.05, 3.63) is 259 Å². The molecule has 0 spiro atoms. The first-order valence-corrected chi connectivity index (χ1v) is 36.8. The van der Waals surface area contributed by atoms with Gasteiger partial charge in [-0.05, 0) is 191 Å². The molecule has 0 amide bonds. The predicted molar refractivity (Wildman–Crippen MR) is 440 cm³/mol. The first-order chi connectivity index (χ1) is 50.8. The van der Waals surface area contributed by atoms with Crippen LogP contribution in [0.3, 0.4) is 0 Å². The Kier molecular flexibility index (Phi) is 36.3. The van der Waals surface area contributed by atoms with Crippen molar-refractivity contribution in [1.82, 2.24) is 19.9 Å². The third-order valence-electron chi connectivity index (χ3n) is 15.2. The summed E-state index contributed by atoms with van der Waals surface area (Å²) in [4.78, 5) is 55.6. The van der Waals surface area contributed by atoms with Gasteiger partial charge in [-0.25, -0.2) is 22.4 Å². The number of thioether (sulfide) groups is 2. The molecule has 558 valence electrons. The van der Waals surface area contributed by atoms with Crippen molar-refractivity contribution < 1.29 is 80.9 Å². The van der Waals surface area contributed by atoms with Gasteiger partial charge in [0.05, 0.1) is 54.7 Å². The average molecular weight is 1780 g/mol. The third-order valence-corrected chi connectivity index (χ3v) is 19.6. The summed E-state index contributed by atoms with van der Waals surface area (Å²) in [5, 5.41) is 60.8. The van der Waals surface area contributed by atoms with Gasteiger partial charge in [0.25, 0.3) is 0 Å². The SMILES string of the molecule is Brc1ccc2cncc(I)c2c1.C.CC(C)(Sc1ccc2cncc(-c3ccc(C#N)cc3F)c2c1)C(=O)O.CCOC(=O)C(C)(C)S.CCOC(=O)C(C)(C)Sc1ccc2cncc(-c3ccc(C#N)cc3F)c2c1.N#Cc1ccc(-c2cncc3ccc(Br)cc23)c(F)c1.[C-]#[N+]c1ccc(B(O)O)c(F)c1.[Li+].[OH-]. The summed E-state index contributed by atoms with van der Waals surface area (Å²) in [6.07, 6.45) is 13.7. The predicted octanol–water partition coefficient (Wildman–Crippen LogP) is 17.3. The van der Waals surface area contributed by atoms with Crippen molar-refractivity contribution in [2.75, 3.05) is 13.2 Å². The van der Waals surface area contributed by atoms with Gasteiger partial charge in [0.1, 0.15) is 37.5 Å². The Bertz CT molecular complexity index is 5500. The normalized spacial score (nSPS) is 10.5. The first kappa shape index (κ1) is 93.2. The summed E-state index contributed by atoms with van der Waals surface area (Å²) in [5.74, 6) is -3.63. The fourth-order valence-corrected chi connectivity index (χ4v) is 13.2. The quantitative estimate of drug-likeness (QED) is 0.0159. The van der Waals surface area contributed by atoms with Crippen LogP contribution in [0.25, 0.3) is 81.3 Å². The number of aromatic nitrogens is 4. The number of carbonyl (C=O) groups is 3. The van der Waals surface area contributed by atoms with Crippen molar-refractivity contribution in [1.29, 1.82) is 15.8 Å². The van der Waals surface area contributed by atoms with E-state index in [2.05, 4.69) is 104 Å². The van der Waals surface area contributed by atoms with Gasteiger partial charge < -0.3 is 30.1 Å². The number of carboxylic acid groups (broad SMARTS) is 1. The molecule has 4 aromatic heterocycles.